The first-order chi connectivity index (χ1) is 8.22. The van der Waals surface area contributed by atoms with Gasteiger partial charge in [0.1, 0.15) is 5.84 Å². The summed E-state index contributed by atoms with van der Waals surface area (Å²) in [5, 5.41) is 16.6. The zero-order chi connectivity index (χ0) is 12.3. The predicted molar refractivity (Wildman–Crippen MR) is 68.0 cm³/mol. The molecule has 1 aromatic rings. The van der Waals surface area contributed by atoms with Gasteiger partial charge < -0.3 is 10.8 Å². The molecule has 4 heteroatoms. The average Bonchev–Trinajstić information content (AvgIpc) is 3.13. The summed E-state index contributed by atoms with van der Waals surface area (Å²) in [6, 6.07) is 8.34. The second-order valence-corrected chi connectivity index (χ2v) is 4.50. The van der Waals surface area contributed by atoms with E-state index < -0.39 is 0 Å². The maximum Gasteiger partial charge on any atom is 0.123 e. The van der Waals surface area contributed by atoms with Gasteiger partial charge in [-0.25, -0.2) is 0 Å². The normalized spacial score (nSPS) is 15.2. The number of rotatable bonds is 6. The van der Waals surface area contributed by atoms with Gasteiger partial charge in [-0.2, -0.15) is 0 Å². The Morgan fingerprint density at radius 2 is 2.12 bits per heavy atom. The molecule has 92 valence electrons. The molecule has 0 heterocycles. The summed E-state index contributed by atoms with van der Waals surface area (Å²) in [7, 11) is 0. The van der Waals surface area contributed by atoms with Gasteiger partial charge in [-0.05, 0) is 18.4 Å². The smallest absolute Gasteiger partial charge is 0.123 e. The van der Waals surface area contributed by atoms with Crippen LogP contribution in [0.4, 0.5) is 0 Å². The Hall–Kier alpha value is -1.39. The van der Waals surface area contributed by atoms with Crippen molar-refractivity contribution < 1.29 is 5.11 Å². The Labute approximate surface area is 102 Å². The van der Waals surface area contributed by atoms with Gasteiger partial charge in [-0.1, -0.05) is 24.3 Å². The van der Waals surface area contributed by atoms with Crippen LogP contribution >= 0.6 is 0 Å². The van der Waals surface area contributed by atoms with E-state index in [4.69, 9.17) is 16.2 Å². The standard InChI is InChI=1S/C13H19N3O/c14-13(15)12-4-2-1-3-10(12)9-16(7-8-17)11-5-6-11/h1-4,11,17H,5-9H2,(H3,14,15). The minimum Gasteiger partial charge on any atom is -0.395 e. The molecular formula is C13H19N3O. The first kappa shape index (κ1) is 12.1. The lowest BCUT2D eigenvalue weighted by Gasteiger charge is -2.22. The quantitative estimate of drug-likeness (QED) is 0.505. The molecule has 0 aromatic heterocycles. The molecule has 1 saturated carbocycles. The van der Waals surface area contributed by atoms with E-state index >= 15 is 0 Å². The molecule has 0 bridgehead atoms. The molecule has 17 heavy (non-hydrogen) atoms. The maximum absolute atomic E-state index is 9.06. The fourth-order valence-electron chi connectivity index (χ4n) is 2.10. The molecule has 4 N–H and O–H groups in total. The van der Waals surface area contributed by atoms with E-state index in [0.717, 1.165) is 17.7 Å². The van der Waals surface area contributed by atoms with E-state index in [2.05, 4.69) is 4.90 Å². The Morgan fingerprint density at radius 1 is 1.41 bits per heavy atom. The van der Waals surface area contributed by atoms with E-state index in [1.54, 1.807) is 0 Å². The lowest BCUT2D eigenvalue weighted by Crippen LogP contribution is -2.29. The van der Waals surface area contributed by atoms with Gasteiger partial charge in [-0.3, -0.25) is 10.3 Å². The molecule has 4 nitrogen and oxygen atoms in total. The summed E-state index contributed by atoms with van der Waals surface area (Å²) in [4.78, 5) is 2.27. The molecule has 1 aliphatic carbocycles. The summed E-state index contributed by atoms with van der Waals surface area (Å²) in [5.74, 6) is 0.111. The Morgan fingerprint density at radius 3 is 2.71 bits per heavy atom. The van der Waals surface area contributed by atoms with Gasteiger partial charge in [0.25, 0.3) is 0 Å². The first-order valence-electron chi connectivity index (χ1n) is 5.99. The number of benzene rings is 1. The van der Waals surface area contributed by atoms with E-state index in [-0.39, 0.29) is 12.4 Å². The van der Waals surface area contributed by atoms with Crippen molar-refractivity contribution in [2.24, 2.45) is 5.73 Å². The topological polar surface area (TPSA) is 73.3 Å². The zero-order valence-corrected chi connectivity index (χ0v) is 9.89. The third kappa shape index (κ3) is 3.05. The molecule has 0 radical (unpaired) electrons. The van der Waals surface area contributed by atoms with Crippen LogP contribution in [0.2, 0.25) is 0 Å². The van der Waals surface area contributed by atoms with Crippen molar-refractivity contribution in [3.8, 4) is 0 Å². The highest BCUT2D eigenvalue weighted by molar-refractivity contribution is 5.96. The number of aliphatic hydroxyl groups excluding tert-OH is 1. The highest BCUT2D eigenvalue weighted by Crippen LogP contribution is 2.28. The molecule has 2 rings (SSSR count). The summed E-state index contributed by atoms with van der Waals surface area (Å²) < 4.78 is 0. The van der Waals surface area contributed by atoms with Gasteiger partial charge in [0.15, 0.2) is 0 Å². The highest BCUT2D eigenvalue weighted by Gasteiger charge is 2.28. The molecule has 0 amide bonds. The van der Waals surface area contributed by atoms with Gasteiger partial charge in [-0.15, -0.1) is 0 Å². The Bertz CT molecular complexity index is 401. The molecule has 1 aliphatic rings. The SMILES string of the molecule is N=C(N)c1ccccc1CN(CCO)C1CC1. The number of aliphatic hydroxyl groups is 1. The number of nitrogens with two attached hydrogens (primary N) is 1. The van der Waals surface area contributed by atoms with E-state index in [1.807, 2.05) is 24.3 Å². The summed E-state index contributed by atoms with van der Waals surface area (Å²) >= 11 is 0. The van der Waals surface area contributed by atoms with Crippen molar-refractivity contribution >= 4 is 5.84 Å². The number of hydrogen-bond donors (Lipinski definition) is 3. The lowest BCUT2D eigenvalue weighted by atomic mass is 10.1. The fourth-order valence-corrected chi connectivity index (χ4v) is 2.10. The molecule has 0 spiro atoms. The van der Waals surface area contributed by atoms with E-state index in [9.17, 15) is 0 Å². The van der Waals surface area contributed by atoms with Gasteiger partial charge >= 0.3 is 0 Å². The fraction of sp³-hybridized carbons (Fsp3) is 0.462. The van der Waals surface area contributed by atoms with E-state index in [1.165, 1.54) is 12.8 Å². The van der Waals surface area contributed by atoms with Crippen molar-refractivity contribution in [3.05, 3.63) is 35.4 Å². The minimum absolute atomic E-state index is 0.111. The van der Waals surface area contributed by atoms with Crippen LogP contribution < -0.4 is 5.73 Å². The number of nitrogens with one attached hydrogen (secondary N) is 1. The first-order valence-corrected chi connectivity index (χ1v) is 5.99. The van der Waals surface area contributed by atoms with Crippen LogP contribution in [0.25, 0.3) is 0 Å². The van der Waals surface area contributed by atoms with Crippen LogP contribution in [0, 0.1) is 5.41 Å². The summed E-state index contributed by atoms with van der Waals surface area (Å²) in [6.45, 7) is 1.64. The second-order valence-electron chi connectivity index (χ2n) is 4.50. The number of amidine groups is 1. The molecule has 0 aliphatic heterocycles. The Balaban J connectivity index is 2.13. The lowest BCUT2D eigenvalue weighted by molar-refractivity contribution is 0.183. The number of nitrogen functional groups attached to an aromatic ring is 1. The van der Waals surface area contributed by atoms with Crippen LogP contribution in [-0.2, 0) is 6.54 Å². The van der Waals surface area contributed by atoms with Crippen LogP contribution in [0.15, 0.2) is 24.3 Å². The molecule has 0 atom stereocenters. The zero-order valence-electron chi connectivity index (χ0n) is 9.89. The van der Waals surface area contributed by atoms with Crippen molar-refractivity contribution in [3.63, 3.8) is 0 Å². The van der Waals surface area contributed by atoms with E-state index in [0.29, 0.717) is 12.6 Å². The molecular weight excluding hydrogens is 214 g/mol. The number of hydrogen-bond acceptors (Lipinski definition) is 3. The highest BCUT2D eigenvalue weighted by atomic mass is 16.3. The van der Waals surface area contributed by atoms with Crippen LogP contribution in [-0.4, -0.2) is 35.0 Å². The monoisotopic (exact) mass is 233 g/mol. The average molecular weight is 233 g/mol. The third-order valence-corrected chi connectivity index (χ3v) is 3.13. The molecule has 1 fully saturated rings. The second kappa shape index (κ2) is 5.29. The van der Waals surface area contributed by atoms with Crippen molar-refractivity contribution in [2.45, 2.75) is 25.4 Å². The third-order valence-electron chi connectivity index (χ3n) is 3.13. The van der Waals surface area contributed by atoms with Crippen molar-refractivity contribution in [1.82, 2.24) is 4.90 Å². The van der Waals surface area contributed by atoms with Crippen LogP contribution in [0.1, 0.15) is 24.0 Å². The van der Waals surface area contributed by atoms with Gasteiger partial charge in [0.2, 0.25) is 0 Å². The van der Waals surface area contributed by atoms with Gasteiger partial charge in [0.05, 0.1) is 6.61 Å². The largest absolute Gasteiger partial charge is 0.395 e. The molecule has 0 unspecified atom stereocenters. The van der Waals surface area contributed by atoms with Crippen molar-refractivity contribution in [1.29, 1.82) is 5.41 Å². The van der Waals surface area contributed by atoms with Gasteiger partial charge in [0, 0.05) is 24.7 Å². The van der Waals surface area contributed by atoms with Crippen LogP contribution in [0.3, 0.4) is 0 Å². The van der Waals surface area contributed by atoms with Crippen LogP contribution in [0.5, 0.6) is 0 Å². The Kier molecular flexibility index (Phi) is 3.76. The summed E-state index contributed by atoms with van der Waals surface area (Å²) in [5.41, 5.74) is 7.44. The maximum atomic E-state index is 9.06. The number of nitrogens with zero attached hydrogens (tertiary/aromatic N) is 1. The van der Waals surface area contributed by atoms with Crippen molar-refractivity contribution in [2.75, 3.05) is 13.2 Å². The molecule has 0 saturated heterocycles. The predicted octanol–water partition coefficient (Wildman–Crippen LogP) is 0.927. The molecule has 1 aromatic carbocycles. The minimum atomic E-state index is 0.111. The summed E-state index contributed by atoms with van der Waals surface area (Å²) in [6.07, 6.45) is 2.42.